The molecule has 1 amide bonds. The number of hydrogen-bond donors (Lipinski definition) is 2. The minimum Gasteiger partial charge on any atom is -0.490 e. The summed E-state index contributed by atoms with van der Waals surface area (Å²) in [7, 11) is -3.87. The summed E-state index contributed by atoms with van der Waals surface area (Å²) < 4.78 is 35.4. The number of fused-ring (bicyclic) bond motifs is 4. The summed E-state index contributed by atoms with van der Waals surface area (Å²) >= 11 is 6.41. The lowest BCUT2D eigenvalue weighted by Crippen LogP contribution is -2.48. The van der Waals surface area contributed by atoms with Crippen LogP contribution in [0.1, 0.15) is 79.8 Å². The Hall–Kier alpha value is -2.55. The van der Waals surface area contributed by atoms with Crippen molar-refractivity contribution in [2.24, 2.45) is 17.8 Å². The van der Waals surface area contributed by atoms with Gasteiger partial charge < -0.3 is 14.7 Å². The van der Waals surface area contributed by atoms with E-state index in [9.17, 15) is 18.3 Å². The second-order valence-corrected chi connectivity index (χ2v) is 15.5. The van der Waals surface area contributed by atoms with Crippen LogP contribution >= 0.6 is 11.6 Å². The number of anilines is 1. The maximum Gasteiger partial charge on any atom is 0.264 e. The van der Waals surface area contributed by atoms with Gasteiger partial charge in [-0.3, -0.25) is 4.79 Å². The number of benzene rings is 2. The average Bonchev–Trinajstić information content (AvgIpc) is 3.12. The maximum absolute atomic E-state index is 13.4. The molecule has 0 unspecified atom stereocenters. The van der Waals surface area contributed by atoms with Gasteiger partial charge in [0.05, 0.1) is 17.5 Å². The van der Waals surface area contributed by atoms with Crippen molar-refractivity contribution in [1.29, 1.82) is 0 Å². The lowest BCUT2D eigenvalue weighted by atomic mass is 9.68. The second kappa shape index (κ2) is 12.4. The highest BCUT2D eigenvalue weighted by molar-refractivity contribution is 7.90. The topological polar surface area (TPSA) is 95.9 Å². The molecular formula is C34H43ClN2O5S. The number of aliphatic hydroxyl groups is 1. The minimum absolute atomic E-state index is 0.0486. The Balaban J connectivity index is 1.40. The van der Waals surface area contributed by atoms with Gasteiger partial charge in [-0.25, -0.2) is 13.1 Å². The number of allylic oxidation sites excluding steroid dienone is 1. The van der Waals surface area contributed by atoms with Crippen molar-refractivity contribution in [1.82, 2.24) is 4.72 Å². The summed E-state index contributed by atoms with van der Waals surface area (Å²) in [5.41, 5.74) is 3.47. The Morgan fingerprint density at radius 3 is 2.74 bits per heavy atom. The normalized spacial score (nSPS) is 31.3. The van der Waals surface area contributed by atoms with Crippen molar-refractivity contribution in [3.05, 3.63) is 70.3 Å². The summed E-state index contributed by atoms with van der Waals surface area (Å²) in [6.45, 7) is 3.99. The summed E-state index contributed by atoms with van der Waals surface area (Å²) in [5.74, 6) is 1.10. The van der Waals surface area contributed by atoms with E-state index in [-0.39, 0.29) is 17.9 Å². The fraction of sp³-hybridized carbons (Fsp3) is 0.559. The first kappa shape index (κ1) is 30.5. The van der Waals surface area contributed by atoms with E-state index in [0.717, 1.165) is 62.3 Å². The fourth-order valence-corrected chi connectivity index (χ4v) is 9.37. The molecule has 0 radical (unpaired) electrons. The highest BCUT2D eigenvalue weighted by atomic mass is 35.5. The number of carbonyl (C=O) groups excluding carboxylic acids is 1. The van der Waals surface area contributed by atoms with E-state index < -0.39 is 21.2 Å². The second-order valence-electron chi connectivity index (χ2n) is 13.1. The van der Waals surface area contributed by atoms with Crippen LogP contribution in [0.15, 0.2) is 48.6 Å². The van der Waals surface area contributed by atoms with E-state index in [0.29, 0.717) is 49.0 Å². The zero-order chi connectivity index (χ0) is 30.2. The van der Waals surface area contributed by atoms with Gasteiger partial charge in [-0.05, 0) is 111 Å². The average molecular weight is 627 g/mol. The number of amides is 1. The molecule has 232 valence electrons. The third kappa shape index (κ3) is 6.20. The number of nitrogens with zero attached hydrogens (tertiary/aromatic N) is 1. The molecule has 2 N–H and O–H groups in total. The number of aryl methyl sites for hydroxylation is 1. The predicted molar refractivity (Wildman–Crippen MR) is 170 cm³/mol. The molecule has 2 aliphatic heterocycles. The molecule has 2 aromatic rings. The van der Waals surface area contributed by atoms with Crippen molar-refractivity contribution in [3.8, 4) is 5.75 Å². The lowest BCUT2D eigenvalue weighted by Gasteiger charge is -2.45. The van der Waals surface area contributed by atoms with Gasteiger partial charge in [-0.1, -0.05) is 36.7 Å². The van der Waals surface area contributed by atoms with Crippen LogP contribution in [-0.4, -0.2) is 51.0 Å². The fourth-order valence-electron chi connectivity index (χ4n) is 7.75. The zero-order valence-electron chi connectivity index (χ0n) is 24.9. The molecule has 1 saturated carbocycles. The molecule has 2 bridgehead atoms. The van der Waals surface area contributed by atoms with Crippen LogP contribution in [0.3, 0.4) is 0 Å². The molecule has 2 aliphatic carbocycles. The molecule has 0 aromatic heterocycles. The molecule has 7 nitrogen and oxygen atoms in total. The van der Waals surface area contributed by atoms with Gasteiger partial charge in [0.25, 0.3) is 5.91 Å². The Kier molecular flexibility index (Phi) is 8.82. The van der Waals surface area contributed by atoms with Gasteiger partial charge in [0.15, 0.2) is 0 Å². The standard InChI is InChI=1S/C34H43ClN2O5S/c1-2-29-8-4-3-6-23(20-38)16-24-9-10-27(24)19-37-21-34(15-5-7-25-17-28(35)12-13-30(25)34)22-42-32-14-11-26(18-31(32)37)33(39)36-43(29,40)41/h3,6,11-14,17-18,23-24,27,29,38H,2,4-5,7-10,15-16,19-22H2,1H3,(H,36,39)/b6-3+/t23-,24-,27-,29+,34-/m0/s1. The van der Waals surface area contributed by atoms with Crippen LogP contribution in [0.25, 0.3) is 0 Å². The van der Waals surface area contributed by atoms with Crippen molar-refractivity contribution in [3.63, 3.8) is 0 Å². The molecular weight excluding hydrogens is 584 g/mol. The summed E-state index contributed by atoms with van der Waals surface area (Å²) in [6, 6.07) is 11.5. The van der Waals surface area contributed by atoms with Crippen LogP contribution < -0.4 is 14.4 Å². The van der Waals surface area contributed by atoms with Crippen molar-refractivity contribution >= 4 is 33.2 Å². The van der Waals surface area contributed by atoms with Crippen molar-refractivity contribution < 1.29 is 23.1 Å². The molecule has 2 heterocycles. The van der Waals surface area contributed by atoms with E-state index in [1.165, 1.54) is 11.1 Å². The van der Waals surface area contributed by atoms with E-state index in [4.69, 9.17) is 16.3 Å². The third-order valence-corrected chi connectivity index (χ3v) is 12.5. The van der Waals surface area contributed by atoms with E-state index in [1.54, 1.807) is 6.07 Å². The predicted octanol–water partition coefficient (Wildman–Crippen LogP) is 6.03. The Morgan fingerprint density at radius 1 is 1.14 bits per heavy atom. The first-order valence-corrected chi connectivity index (χ1v) is 17.8. The van der Waals surface area contributed by atoms with Crippen molar-refractivity contribution in [2.45, 2.75) is 75.4 Å². The SMILES string of the molecule is CC[C@@H]1CC/C=C/[C@H](CO)C[C@@H]2CC[C@H]2CN2C[C@@]3(CCCc4cc(Cl)ccc43)COc3ccc(cc32)C(=O)NS1(=O)=O. The number of halogens is 1. The molecule has 5 atom stereocenters. The minimum atomic E-state index is -3.87. The van der Waals surface area contributed by atoms with E-state index >= 15 is 0 Å². The maximum atomic E-state index is 13.4. The molecule has 2 aromatic carbocycles. The highest BCUT2D eigenvalue weighted by Crippen LogP contribution is 2.47. The highest BCUT2D eigenvalue weighted by Gasteiger charge is 2.43. The number of ether oxygens (including phenoxy) is 1. The van der Waals surface area contributed by atoms with Crippen LogP contribution in [-0.2, 0) is 21.9 Å². The smallest absolute Gasteiger partial charge is 0.264 e. The van der Waals surface area contributed by atoms with Crippen LogP contribution in [0.4, 0.5) is 5.69 Å². The largest absolute Gasteiger partial charge is 0.490 e. The summed E-state index contributed by atoms with van der Waals surface area (Å²) in [6.07, 6.45) is 11.7. The van der Waals surface area contributed by atoms with Gasteiger partial charge in [0.1, 0.15) is 5.75 Å². The molecule has 4 aliphatic rings. The van der Waals surface area contributed by atoms with Gasteiger partial charge in [-0.15, -0.1) is 0 Å². The Labute approximate surface area is 260 Å². The molecule has 0 saturated heterocycles. The van der Waals surface area contributed by atoms with Crippen LogP contribution in [0.2, 0.25) is 5.02 Å². The molecule has 43 heavy (non-hydrogen) atoms. The van der Waals surface area contributed by atoms with E-state index in [2.05, 4.69) is 27.8 Å². The quantitative estimate of drug-likeness (QED) is 0.396. The number of aliphatic hydroxyl groups excluding tert-OH is 1. The van der Waals surface area contributed by atoms with Gasteiger partial charge >= 0.3 is 0 Å². The molecule has 6 rings (SSSR count). The number of rotatable bonds is 2. The van der Waals surface area contributed by atoms with Crippen molar-refractivity contribution in [2.75, 3.05) is 31.2 Å². The lowest BCUT2D eigenvalue weighted by molar-refractivity contribution is 0.0981. The van der Waals surface area contributed by atoms with Gasteiger partial charge in [-0.2, -0.15) is 0 Å². The number of sulfonamides is 1. The Morgan fingerprint density at radius 2 is 1.98 bits per heavy atom. The number of nitrogens with one attached hydrogen (secondary N) is 1. The number of carbonyl (C=O) groups is 1. The molecule has 9 heteroatoms. The van der Waals surface area contributed by atoms with Crippen LogP contribution in [0.5, 0.6) is 5.75 Å². The zero-order valence-corrected chi connectivity index (χ0v) is 26.5. The first-order valence-electron chi connectivity index (χ1n) is 15.9. The van der Waals surface area contributed by atoms with E-state index in [1.807, 2.05) is 31.2 Å². The van der Waals surface area contributed by atoms with Gasteiger partial charge in [0, 0.05) is 41.6 Å². The molecule has 1 spiro atoms. The van der Waals surface area contributed by atoms with Crippen LogP contribution in [0, 0.1) is 17.8 Å². The number of hydrogen-bond acceptors (Lipinski definition) is 6. The third-order valence-electron chi connectivity index (χ3n) is 10.4. The summed E-state index contributed by atoms with van der Waals surface area (Å²) in [5, 5.41) is 10.2. The first-order chi connectivity index (χ1) is 20.7. The summed E-state index contributed by atoms with van der Waals surface area (Å²) in [4.78, 5) is 15.8. The van der Waals surface area contributed by atoms with Gasteiger partial charge in [0.2, 0.25) is 10.0 Å². The molecule has 1 fully saturated rings. The monoisotopic (exact) mass is 626 g/mol. The Bertz CT molecular complexity index is 1490.